The van der Waals surface area contributed by atoms with Gasteiger partial charge in [0.2, 0.25) is 0 Å². The second kappa shape index (κ2) is 6.09. The van der Waals surface area contributed by atoms with Gasteiger partial charge < -0.3 is 9.47 Å². The first kappa shape index (κ1) is 14.1. The summed E-state index contributed by atoms with van der Waals surface area (Å²) in [4.78, 5) is 23.2. The maximum Gasteiger partial charge on any atom is 0.387 e. The van der Waals surface area contributed by atoms with Crippen LogP contribution in [0.4, 0.5) is 8.78 Å². The van der Waals surface area contributed by atoms with E-state index in [4.69, 9.17) is 0 Å². The molecule has 18 heavy (non-hydrogen) atoms. The Labute approximate surface area is 103 Å². The van der Waals surface area contributed by atoms with E-state index in [9.17, 15) is 18.4 Å². The number of esters is 1. The molecule has 1 aromatic rings. The fourth-order valence-corrected chi connectivity index (χ4v) is 1.46. The second-order valence-electron chi connectivity index (χ2n) is 3.33. The Kier molecular flexibility index (Phi) is 4.76. The number of carbonyl (C=O) groups is 2. The van der Waals surface area contributed by atoms with E-state index >= 15 is 0 Å². The number of carbonyl (C=O) groups excluding carboxylic acids is 2. The predicted molar refractivity (Wildman–Crippen MR) is 59.0 cm³/mol. The highest BCUT2D eigenvalue weighted by atomic mass is 19.3. The number of alkyl halides is 2. The molecule has 0 aliphatic heterocycles. The van der Waals surface area contributed by atoms with Crippen LogP contribution in [0.25, 0.3) is 0 Å². The van der Waals surface area contributed by atoms with Gasteiger partial charge in [-0.15, -0.1) is 0 Å². The van der Waals surface area contributed by atoms with Gasteiger partial charge in [0.1, 0.15) is 11.3 Å². The van der Waals surface area contributed by atoms with Crippen molar-refractivity contribution in [2.24, 2.45) is 0 Å². The van der Waals surface area contributed by atoms with Crippen molar-refractivity contribution >= 4 is 11.8 Å². The van der Waals surface area contributed by atoms with Gasteiger partial charge in [-0.05, 0) is 6.07 Å². The molecule has 0 saturated heterocycles. The molecule has 0 heterocycles. The molecule has 0 bridgehead atoms. The van der Waals surface area contributed by atoms with Crippen LogP contribution in [-0.2, 0) is 4.74 Å². The van der Waals surface area contributed by atoms with Crippen molar-refractivity contribution in [2.45, 2.75) is 20.0 Å². The van der Waals surface area contributed by atoms with Crippen LogP contribution in [0.15, 0.2) is 18.2 Å². The van der Waals surface area contributed by atoms with Crippen LogP contribution in [-0.4, -0.2) is 25.5 Å². The highest BCUT2D eigenvalue weighted by Crippen LogP contribution is 2.26. The summed E-state index contributed by atoms with van der Waals surface area (Å²) in [6.45, 7) is -1.48. The van der Waals surface area contributed by atoms with Crippen molar-refractivity contribution in [3.05, 3.63) is 29.3 Å². The lowest BCUT2D eigenvalue weighted by Crippen LogP contribution is -2.14. The fourth-order valence-electron chi connectivity index (χ4n) is 1.46. The minimum Gasteiger partial charge on any atom is -0.465 e. The zero-order valence-electron chi connectivity index (χ0n) is 9.91. The first-order chi connectivity index (χ1) is 8.51. The standard InChI is InChI=1S/C12H12F2O4/c1-3-8(15)7-5-4-6-9(18-12(13)14)10(7)11(16)17-2/h4-6,12H,3H2,1-2H3. The largest absolute Gasteiger partial charge is 0.465 e. The molecular weight excluding hydrogens is 246 g/mol. The van der Waals surface area contributed by atoms with Crippen molar-refractivity contribution in [3.63, 3.8) is 0 Å². The first-order valence-electron chi connectivity index (χ1n) is 5.20. The van der Waals surface area contributed by atoms with Gasteiger partial charge in [-0.25, -0.2) is 4.79 Å². The SMILES string of the molecule is CCC(=O)c1cccc(OC(F)F)c1C(=O)OC. The first-order valence-corrected chi connectivity index (χ1v) is 5.20. The average molecular weight is 258 g/mol. The molecule has 98 valence electrons. The highest BCUT2D eigenvalue weighted by Gasteiger charge is 2.23. The Morgan fingerprint density at radius 3 is 2.50 bits per heavy atom. The average Bonchev–Trinajstić information content (AvgIpc) is 2.36. The maximum atomic E-state index is 12.2. The van der Waals surface area contributed by atoms with Crippen LogP contribution in [0.2, 0.25) is 0 Å². The molecule has 0 saturated carbocycles. The number of ether oxygens (including phenoxy) is 2. The molecule has 0 aliphatic carbocycles. The normalized spacial score (nSPS) is 10.3. The van der Waals surface area contributed by atoms with Crippen LogP contribution in [0.3, 0.4) is 0 Å². The Morgan fingerprint density at radius 2 is 2.00 bits per heavy atom. The summed E-state index contributed by atoms with van der Waals surface area (Å²) < 4.78 is 33.1. The molecule has 0 atom stereocenters. The maximum absolute atomic E-state index is 12.2. The molecule has 0 radical (unpaired) electrons. The van der Waals surface area contributed by atoms with E-state index in [0.29, 0.717) is 0 Å². The van der Waals surface area contributed by atoms with E-state index in [-0.39, 0.29) is 29.1 Å². The summed E-state index contributed by atoms with van der Waals surface area (Å²) in [7, 11) is 1.10. The zero-order chi connectivity index (χ0) is 13.7. The van der Waals surface area contributed by atoms with Crippen molar-refractivity contribution in [1.82, 2.24) is 0 Å². The van der Waals surface area contributed by atoms with Crippen molar-refractivity contribution in [3.8, 4) is 5.75 Å². The van der Waals surface area contributed by atoms with E-state index in [1.54, 1.807) is 6.92 Å². The lowest BCUT2D eigenvalue weighted by molar-refractivity contribution is -0.0504. The number of benzene rings is 1. The molecule has 4 nitrogen and oxygen atoms in total. The van der Waals surface area contributed by atoms with Gasteiger partial charge in [0.15, 0.2) is 5.78 Å². The number of methoxy groups -OCH3 is 1. The van der Waals surface area contributed by atoms with E-state index in [2.05, 4.69) is 9.47 Å². The minimum atomic E-state index is -3.08. The van der Waals surface area contributed by atoms with Gasteiger partial charge in [-0.3, -0.25) is 4.79 Å². The number of hydrogen-bond acceptors (Lipinski definition) is 4. The van der Waals surface area contributed by atoms with E-state index < -0.39 is 12.6 Å². The lowest BCUT2D eigenvalue weighted by atomic mass is 10.0. The molecule has 0 fully saturated rings. The Hall–Kier alpha value is -1.98. The molecule has 0 aliphatic rings. The predicted octanol–water partition coefficient (Wildman–Crippen LogP) is 2.67. The molecule has 1 rings (SSSR count). The molecule has 0 unspecified atom stereocenters. The van der Waals surface area contributed by atoms with Crippen LogP contribution in [0.5, 0.6) is 5.75 Å². The lowest BCUT2D eigenvalue weighted by Gasteiger charge is -2.12. The van der Waals surface area contributed by atoms with Gasteiger partial charge in [-0.2, -0.15) is 8.78 Å². The zero-order valence-corrected chi connectivity index (χ0v) is 9.91. The van der Waals surface area contributed by atoms with Gasteiger partial charge in [0, 0.05) is 12.0 Å². The summed E-state index contributed by atoms with van der Waals surface area (Å²) in [5.41, 5.74) is -0.255. The molecular formula is C12H12F2O4. The van der Waals surface area contributed by atoms with Gasteiger partial charge in [0.05, 0.1) is 7.11 Å². The van der Waals surface area contributed by atoms with Crippen LogP contribution >= 0.6 is 0 Å². The molecule has 0 spiro atoms. The summed E-state index contributed by atoms with van der Waals surface area (Å²) in [5, 5.41) is 0. The second-order valence-corrected chi connectivity index (χ2v) is 3.33. The Balaban J connectivity index is 3.34. The van der Waals surface area contributed by atoms with E-state index in [1.165, 1.54) is 18.2 Å². The molecule has 0 aromatic heterocycles. The minimum absolute atomic E-state index is 0.0162. The number of hydrogen-bond donors (Lipinski definition) is 0. The number of ketones is 1. The van der Waals surface area contributed by atoms with Gasteiger partial charge >= 0.3 is 12.6 Å². The number of rotatable bonds is 5. The van der Waals surface area contributed by atoms with E-state index in [1.807, 2.05) is 0 Å². The van der Waals surface area contributed by atoms with Crippen LogP contribution < -0.4 is 4.74 Å². The number of halogens is 2. The third kappa shape index (κ3) is 3.03. The van der Waals surface area contributed by atoms with Crippen LogP contribution in [0.1, 0.15) is 34.1 Å². The van der Waals surface area contributed by atoms with Gasteiger partial charge in [0.25, 0.3) is 0 Å². The summed E-state index contributed by atoms with van der Waals surface area (Å²) >= 11 is 0. The summed E-state index contributed by atoms with van der Waals surface area (Å²) in [6.07, 6.45) is 0.141. The third-order valence-electron chi connectivity index (χ3n) is 2.25. The topological polar surface area (TPSA) is 52.6 Å². The van der Waals surface area contributed by atoms with Crippen molar-refractivity contribution < 1.29 is 27.8 Å². The van der Waals surface area contributed by atoms with Gasteiger partial charge in [-0.1, -0.05) is 19.1 Å². The number of Topliss-reactive ketones (excluding diaryl/α,β-unsaturated/α-hetero) is 1. The molecule has 0 N–H and O–H groups in total. The Morgan fingerprint density at radius 1 is 1.33 bits per heavy atom. The molecule has 6 heteroatoms. The molecule has 0 amide bonds. The van der Waals surface area contributed by atoms with Crippen molar-refractivity contribution in [2.75, 3.05) is 7.11 Å². The Bertz CT molecular complexity index is 457. The monoisotopic (exact) mass is 258 g/mol. The van der Waals surface area contributed by atoms with Crippen LogP contribution in [0, 0.1) is 0 Å². The highest BCUT2D eigenvalue weighted by molar-refractivity contribution is 6.07. The summed E-state index contributed by atoms with van der Waals surface area (Å²) in [5.74, 6) is -1.60. The summed E-state index contributed by atoms with van der Waals surface area (Å²) in [6, 6.07) is 3.92. The third-order valence-corrected chi connectivity index (χ3v) is 2.25. The quantitative estimate of drug-likeness (QED) is 0.602. The molecule has 1 aromatic carbocycles. The fraction of sp³-hybridized carbons (Fsp3) is 0.333. The smallest absolute Gasteiger partial charge is 0.387 e. The van der Waals surface area contributed by atoms with E-state index in [0.717, 1.165) is 7.11 Å². The van der Waals surface area contributed by atoms with Crippen molar-refractivity contribution in [1.29, 1.82) is 0 Å².